The van der Waals surface area contributed by atoms with Crippen molar-refractivity contribution in [3.05, 3.63) is 24.0 Å². The molecular weight excluding hydrogens is 378 g/mol. The summed E-state index contributed by atoms with van der Waals surface area (Å²) < 4.78 is 31.6. The molecule has 1 aromatic heterocycles. The van der Waals surface area contributed by atoms with Crippen LogP contribution in [0.1, 0.15) is 52.3 Å². The van der Waals surface area contributed by atoms with Crippen LogP contribution in [0, 0.1) is 5.92 Å². The quantitative estimate of drug-likeness (QED) is 0.738. The Balaban J connectivity index is 1.60. The molecule has 0 radical (unpaired) electrons. The van der Waals surface area contributed by atoms with Crippen LogP contribution in [0.2, 0.25) is 0 Å². The highest BCUT2D eigenvalue weighted by Crippen LogP contribution is 2.38. The average molecular weight is 409 g/mol. The Morgan fingerprint density at radius 1 is 1.21 bits per heavy atom. The van der Waals surface area contributed by atoms with Crippen LogP contribution in [0.25, 0.3) is 11.0 Å². The van der Waals surface area contributed by atoms with Gasteiger partial charge in [0.15, 0.2) is 0 Å². The lowest BCUT2D eigenvalue weighted by Crippen LogP contribution is -2.51. The van der Waals surface area contributed by atoms with E-state index < -0.39 is 5.92 Å². The molecule has 1 aromatic carbocycles. The molecule has 2 fully saturated rings. The lowest BCUT2D eigenvalue weighted by molar-refractivity contribution is -0.0473. The molecule has 2 aliphatic rings. The Morgan fingerprint density at radius 3 is 2.50 bits per heavy atom. The third-order valence-corrected chi connectivity index (χ3v) is 6.80. The van der Waals surface area contributed by atoms with Gasteiger partial charge in [0.1, 0.15) is 5.82 Å². The summed E-state index contributed by atoms with van der Waals surface area (Å²) in [6, 6.07) is 6.70. The van der Waals surface area contributed by atoms with Crippen molar-refractivity contribution in [3.63, 3.8) is 0 Å². The van der Waals surface area contributed by atoms with Crippen LogP contribution < -0.4 is 5.73 Å². The van der Waals surface area contributed by atoms with Crippen molar-refractivity contribution < 1.29 is 8.78 Å². The Hall–Kier alpha value is -1.18. The molecule has 1 saturated carbocycles. The zero-order valence-electron chi connectivity index (χ0n) is 16.9. The number of alkyl halides is 2. The third kappa shape index (κ3) is 4.21. The van der Waals surface area contributed by atoms with E-state index in [9.17, 15) is 8.78 Å². The van der Waals surface area contributed by atoms with Crippen molar-refractivity contribution in [2.45, 2.75) is 75.3 Å². The molecule has 1 aliphatic carbocycles. The topological polar surface area (TPSA) is 47.1 Å². The van der Waals surface area contributed by atoms with E-state index in [-0.39, 0.29) is 30.2 Å². The first-order chi connectivity index (χ1) is 13.1. The van der Waals surface area contributed by atoms with E-state index in [1.807, 2.05) is 0 Å². The van der Waals surface area contributed by atoms with Crippen molar-refractivity contribution >= 4 is 23.0 Å². The highest BCUT2D eigenvalue weighted by molar-refractivity contribution is 7.97. The van der Waals surface area contributed by atoms with Crippen LogP contribution in [-0.4, -0.2) is 38.9 Å². The summed E-state index contributed by atoms with van der Waals surface area (Å²) in [7, 11) is 0. The van der Waals surface area contributed by atoms with E-state index in [2.05, 4.69) is 47.8 Å². The molecular formula is C21H30F2N4S. The zero-order valence-corrected chi connectivity index (χ0v) is 17.7. The Morgan fingerprint density at radius 2 is 1.89 bits per heavy atom. The number of nitrogens with two attached hydrogens (primary N) is 1. The van der Waals surface area contributed by atoms with E-state index in [1.165, 1.54) is 4.90 Å². The molecule has 7 heteroatoms. The zero-order chi connectivity index (χ0) is 20.1. The Kier molecular flexibility index (Phi) is 5.21. The summed E-state index contributed by atoms with van der Waals surface area (Å²) in [6.45, 7) is 9.09. The van der Waals surface area contributed by atoms with Crippen molar-refractivity contribution in [1.82, 2.24) is 13.9 Å². The van der Waals surface area contributed by atoms with Gasteiger partial charge in [0, 0.05) is 48.8 Å². The average Bonchev–Trinajstić information content (AvgIpc) is 2.93. The molecule has 0 amide bonds. The van der Waals surface area contributed by atoms with Crippen LogP contribution in [-0.2, 0) is 12.0 Å². The second kappa shape index (κ2) is 7.26. The van der Waals surface area contributed by atoms with Crippen molar-refractivity contribution in [3.8, 4) is 0 Å². The van der Waals surface area contributed by atoms with Crippen LogP contribution in [0.15, 0.2) is 23.1 Å². The van der Waals surface area contributed by atoms with Gasteiger partial charge in [-0.1, -0.05) is 20.8 Å². The molecule has 28 heavy (non-hydrogen) atoms. The summed E-state index contributed by atoms with van der Waals surface area (Å²) in [5.41, 5.74) is 7.86. The van der Waals surface area contributed by atoms with Gasteiger partial charge >= 0.3 is 0 Å². The molecule has 2 N–H and O–H groups in total. The molecule has 2 heterocycles. The van der Waals surface area contributed by atoms with Gasteiger partial charge < -0.3 is 10.3 Å². The minimum atomic E-state index is -2.48. The fraction of sp³-hybridized carbons (Fsp3) is 0.667. The normalized spacial score (nSPS) is 21.9. The molecule has 0 unspecified atom stereocenters. The first-order valence-corrected chi connectivity index (χ1v) is 11.0. The van der Waals surface area contributed by atoms with Gasteiger partial charge in [-0.2, -0.15) is 0 Å². The van der Waals surface area contributed by atoms with Crippen LogP contribution >= 0.6 is 11.9 Å². The monoisotopic (exact) mass is 408 g/mol. The smallest absolute Gasteiger partial charge is 0.248 e. The molecule has 4 rings (SSSR count). The maximum Gasteiger partial charge on any atom is 0.248 e. The molecule has 0 atom stereocenters. The van der Waals surface area contributed by atoms with Gasteiger partial charge in [0.05, 0.1) is 11.0 Å². The number of aromatic nitrogens is 2. The summed E-state index contributed by atoms with van der Waals surface area (Å²) in [4.78, 5) is 6.13. The van der Waals surface area contributed by atoms with Crippen LogP contribution in [0.5, 0.6) is 0 Å². The molecule has 1 saturated heterocycles. The second-order valence-corrected chi connectivity index (χ2v) is 10.6. The number of imidazole rings is 1. The summed E-state index contributed by atoms with van der Waals surface area (Å²) >= 11 is 1.73. The molecule has 2 aromatic rings. The molecule has 0 bridgehead atoms. The number of hydrogen-bond acceptors (Lipinski definition) is 4. The van der Waals surface area contributed by atoms with E-state index >= 15 is 0 Å². The van der Waals surface area contributed by atoms with Gasteiger partial charge in [-0.25, -0.2) is 18.1 Å². The van der Waals surface area contributed by atoms with Gasteiger partial charge in [-0.3, -0.25) is 0 Å². The number of benzene rings is 1. The predicted octanol–water partition coefficient (Wildman–Crippen LogP) is 4.81. The predicted molar refractivity (Wildman–Crippen MR) is 111 cm³/mol. The number of fused-ring (bicyclic) bond motifs is 1. The minimum absolute atomic E-state index is 0.00784. The number of nitrogens with zero attached hydrogens (tertiary/aromatic N) is 3. The van der Waals surface area contributed by atoms with Crippen molar-refractivity contribution in [2.24, 2.45) is 11.7 Å². The number of hydrogen-bond donors (Lipinski definition) is 1. The van der Waals surface area contributed by atoms with Crippen molar-refractivity contribution in [1.29, 1.82) is 0 Å². The van der Waals surface area contributed by atoms with E-state index in [4.69, 9.17) is 10.7 Å². The van der Waals surface area contributed by atoms with Crippen LogP contribution in [0.4, 0.5) is 8.78 Å². The molecule has 0 spiro atoms. The summed E-state index contributed by atoms with van der Waals surface area (Å²) in [5, 5.41) is 0. The Bertz CT molecular complexity index is 842. The maximum atomic E-state index is 13.6. The van der Waals surface area contributed by atoms with E-state index in [1.54, 1.807) is 11.9 Å². The van der Waals surface area contributed by atoms with E-state index in [0.717, 1.165) is 36.5 Å². The van der Waals surface area contributed by atoms with Gasteiger partial charge in [-0.15, -0.1) is 0 Å². The lowest BCUT2D eigenvalue weighted by Gasteiger charge is -2.35. The standard InChI is InChI=1S/C21H30F2N4S/c1-20(2,3)19-25-17-10-16(28-26-12-15(24)13-26)4-5-18(17)27(19)11-14-6-8-21(22,23)9-7-14/h4-5,10,14-15H,6-9,11-13,24H2,1-3H3. The molecule has 154 valence electrons. The lowest BCUT2D eigenvalue weighted by atomic mass is 9.86. The first-order valence-electron chi connectivity index (χ1n) is 10.2. The SMILES string of the molecule is CC(C)(C)c1nc2cc(SN3CC(N)C3)ccc2n1CC1CCC(F)(F)CC1. The van der Waals surface area contributed by atoms with Gasteiger partial charge in [0.25, 0.3) is 0 Å². The Labute approximate surface area is 170 Å². The number of halogens is 2. The highest BCUT2D eigenvalue weighted by atomic mass is 32.2. The molecule has 4 nitrogen and oxygen atoms in total. The minimum Gasteiger partial charge on any atom is -0.327 e. The second-order valence-electron chi connectivity index (χ2n) is 9.44. The van der Waals surface area contributed by atoms with Crippen LogP contribution in [0.3, 0.4) is 0 Å². The van der Waals surface area contributed by atoms with Crippen molar-refractivity contribution in [2.75, 3.05) is 13.1 Å². The summed E-state index contributed by atoms with van der Waals surface area (Å²) in [6.07, 6.45) is 1.18. The molecule has 1 aliphatic heterocycles. The van der Waals surface area contributed by atoms with E-state index in [0.29, 0.717) is 12.8 Å². The fourth-order valence-corrected chi connectivity index (χ4v) is 5.28. The van der Waals surface area contributed by atoms with Gasteiger partial charge in [-0.05, 0) is 48.9 Å². The van der Waals surface area contributed by atoms with Gasteiger partial charge in [0.2, 0.25) is 5.92 Å². The number of rotatable bonds is 4. The summed E-state index contributed by atoms with van der Waals surface area (Å²) in [5.74, 6) is -1.16. The maximum absolute atomic E-state index is 13.6. The fourth-order valence-electron chi connectivity index (χ4n) is 4.16. The third-order valence-electron chi connectivity index (χ3n) is 5.78. The first kappa shape index (κ1) is 20.1. The highest BCUT2D eigenvalue weighted by Gasteiger charge is 2.35. The largest absolute Gasteiger partial charge is 0.327 e.